The van der Waals surface area contributed by atoms with Gasteiger partial charge in [-0.2, -0.15) is 11.8 Å². The maximum atomic E-state index is 12.5. The van der Waals surface area contributed by atoms with Crippen molar-refractivity contribution < 1.29 is 4.79 Å². The fourth-order valence-electron chi connectivity index (χ4n) is 3.22. The van der Waals surface area contributed by atoms with Crippen molar-refractivity contribution >= 4 is 23.6 Å². The summed E-state index contributed by atoms with van der Waals surface area (Å²) in [5, 5.41) is 7.15. The summed E-state index contributed by atoms with van der Waals surface area (Å²) in [4.78, 5) is 18.6. The van der Waals surface area contributed by atoms with Crippen LogP contribution in [0.1, 0.15) is 24.0 Å². The van der Waals surface area contributed by atoms with Crippen LogP contribution in [0.4, 0.5) is 0 Å². The number of amides is 1. The third-order valence-electron chi connectivity index (χ3n) is 4.64. The smallest absolute Gasteiger partial charge is 0.242 e. The van der Waals surface area contributed by atoms with E-state index in [0.29, 0.717) is 24.3 Å². The minimum atomic E-state index is 0.127. The number of hydrogen-bond donors (Lipinski definition) is 2. The Morgan fingerprint density at radius 2 is 2.17 bits per heavy atom. The van der Waals surface area contributed by atoms with Gasteiger partial charge in [0.05, 0.1) is 6.54 Å². The topological polar surface area (TPSA) is 56.7 Å². The lowest BCUT2D eigenvalue weighted by molar-refractivity contribution is -0.130. The lowest BCUT2D eigenvalue weighted by Crippen LogP contribution is -2.46. The molecule has 3 rings (SSSR count). The first kappa shape index (κ1) is 17.1. The number of benzene rings is 1. The van der Waals surface area contributed by atoms with Crippen LogP contribution in [0.3, 0.4) is 0 Å². The lowest BCUT2D eigenvalue weighted by atomic mass is 10.00. The van der Waals surface area contributed by atoms with Crippen LogP contribution in [-0.4, -0.2) is 54.5 Å². The summed E-state index contributed by atoms with van der Waals surface area (Å²) in [6.07, 6.45) is 3.51. The van der Waals surface area contributed by atoms with Crippen LogP contribution >= 0.6 is 11.8 Å². The average Bonchev–Trinajstić information content (AvgIpc) is 3.14. The fourth-order valence-corrected chi connectivity index (χ4v) is 4.42. The highest BCUT2D eigenvalue weighted by atomic mass is 32.2. The number of carbonyl (C=O) groups excluding carboxylic acids is 1. The highest BCUT2D eigenvalue weighted by Gasteiger charge is 2.20. The van der Waals surface area contributed by atoms with Crippen LogP contribution in [0.2, 0.25) is 0 Å². The predicted molar refractivity (Wildman–Crippen MR) is 100 cm³/mol. The van der Waals surface area contributed by atoms with Gasteiger partial charge in [-0.05, 0) is 36.1 Å². The van der Waals surface area contributed by atoms with Crippen molar-refractivity contribution in [3.8, 4) is 0 Å². The Hall–Kier alpha value is -1.69. The maximum absolute atomic E-state index is 12.5. The van der Waals surface area contributed by atoms with Gasteiger partial charge in [-0.1, -0.05) is 24.3 Å². The first-order valence-electron chi connectivity index (χ1n) is 8.67. The third-order valence-corrected chi connectivity index (χ3v) is 6.03. The molecule has 1 saturated heterocycles. The highest BCUT2D eigenvalue weighted by Crippen LogP contribution is 2.25. The van der Waals surface area contributed by atoms with Gasteiger partial charge in [-0.15, -0.1) is 0 Å². The van der Waals surface area contributed by atoms with E-state index in [1.807, 2.05) is 22.7 Å². The van der Waals surface area contributed by atoms with Crippen molar-refractivity contribution in [3.63, 3.8) is 0 Å². The molecule has 2 heterocycles. The number of guanidine groups is 1. The Kier molecular flexibility index (Phi) is 6.01. The van der Waals surface area contributed by atoms with Gasteiger partial charge in [0, 0.05) is 31.9 Å². The monoisotopic (exact) mass is 346 g/mol. The average molecular weight is 347 g/mol. The molecule has 0 saturated carbocycles. The van der Waals surface area contributed by atoms with E-state index in [1.165, 1.54) is 29.7 Å². The molecule has 2 N–H and O–H groups in total. The molecule has 1 amide bonds. The van der Waals surface area contributed by atoms with Gasteiger partial charge in [0.15, 0.2) is 5.96 Å². The SMILES string of the molecule is CN=C(NCC(=O)N1CCc2ccccc2C1)NCC1CCCS1. The molecule has 0 aliphatic carbocycles. The second kappa shape index (κ2) is 8.42. The highest BCUT2D eigenvalue weighted by molar-refractivity contribution is 8.00. The van der Waals surface area contributed by atoms with Crippen LogP contribution in [-0.2, 0) is 17.8 Å². The van der Waals surface area contributed by atoms with Gasteiger partial charge < -0.3 is 15.5 Å². The maximum Gasteiger partial charge on any atom is 0.242 e. The van der Waals surface area contributed by atoms with Crippen LogP contribution in [0.15, 0.2) is 29.3 Å². The van der Waals surface area contributed by atoms with E-state index in [0.717, 1.165) is 19.5 Å². The summed E-state index contributed by atoms with van der Waals surface area (Å²) in [6, 6.07) is 8.37. The van der Waals surface area contributed by atoms with E-state index in [4.69, 9.17) is 0 Å². The number of carbonyl (C=O) groups is 1. The van der Waals surface area contributed by atoms with Crippen LogP contribution in [0.5, 0.6) is 0 Å². The largest absolute Gasteiger partial charge is 0.355 e. The molecule has 1 aromatic rings. The molecule has 1 aromatic carbocycles. The Labute approximate surface area is 148 Å². The summed E-state index contributed by atoms with van der Waals surface area (Å²) >= 11 is 2.01. The minimum Gasteiger partial charge on any atom is -0.355 e. The minimum absolute atomic E-state index is 0.127. The normalized spacial score (nSPS) is 20.6. The van der Waals surface area contributed by atoms with Crippen molar-refractivity contribution in [2.45, 2.75) is 31.1 Å². The van der Waals surface area contributed by atoms with E-state index >= 15 is 0 Å². The zero-order valence-corrected chi connectivity index (χ0v) is 15.1. The molecular weight excluding hydrogens is 320 g/mol. The second-order valence-electron chi connectivity index (χ2n) is 6.28. The quantitative estimate of drug-likeness (QED) is 0.643. The standard InChI is InChI=1S/C18H26N4OS/c1-19-18(20-11-16-7-4-10-24-16)21-12-17(23)22-9-8-14-5-2-3-6-15(14)13-22/h2-3,5-6,16H,4,7-13H2,1H3,(H2,19,20,21). The number of hydrogen-bond acceptors (Lipinski definition) is 3. The summed E-state index contributed by atoms with van der Waals surface area (Å²) in [5.74, 6) is 2.10. The van der Waals surface area contributed by atoms with Gasteiger partial charge in [0.1, 0.15) is 0 Å². The van der Waals surface area contributed by atoms with Crippen molar-refractivity contribution in [1.29, 1.82) is 0 Å². The zero-order chi connectivity index (χ0) is 16.8. The van der Waals surface area contributed by atoms with E-state index in [9.17, 15) is 4.79 Å². The Balaban J connectivity index is 1.44. The number of nitrogens with zero attached hydrogens (tertiary/aromatic N) is 2. The first-order chi connectivity index (χ1) is 11.8. The molecule has 24 heavy (non-hydrogen) atoms. The molecule has 1 fully saturated rings. The molecule has 2 aliphatic rings. The summed E-state index contributed by atoms with van der Waals surface area (Å²) in [6.45, 7) is 2.71. The zero-order valence-electron chi connectivity index (χ0n) is 14.3. The number of rotatable bonds is 4. The number of aliphatic imine (C=N–C) groups is 1. The Morgan fingerprint density at radius 3 is 2.92 bits per heavy atom. The second-order valence-corrected chi connectivity index (χ2v) is 7.68. The van der Waals surface area contributed by atoms with Gasteiger partial charge >= 0.3 is 0 Å². The molecule has 0 spiro atoms. The Morgan fingerprint density at radius 1 is 1.33 bits per heavy atom. The van der Waals surface area contributed by atoms with E-state index < -0.39 is 0 Å². The van der Waals surface area contributed by atoms with Crippen molar-refractivity contribution in [2.75, 3.05) is 32.4 Å². The lowest BCUT2D eigenvalue weighted by Gasteiger charge is -2.29. The van der Waals surface area contributed by atoms with E-state index in [1.54, 1.807) is 7.05 Å². The first-order valence-corrected chi connectivity index (χ1v) is 9.72. The van der Waals surface area contributed by atoms with E-state index in [-0.39, 0.29) is 5.91 Å². The predicted octanol–water partition coefficient (Wildman–Crippen LogP) is 1.63. The molecule has 0 aromatic heterocycles. The molecule has 1 unspecified atom stereocenters. The van der Waals surface area contributed by atoms with Gasteiger partial charge in [-0.25, -0.2) is 0 Å². The summed E-state index contributed by atoms with van der Waals surface area (Å²) < 4.78 is 0. The molecule has 0 radical (unpaired) electrons. The van der Waals surface area contributed by atoms with Gasteiger partial charge in [-0.3, -0.25) is 9.79 Å². The van der Waals surface area contributed by atoms with Crippen LogP contribution < -0.4 is 10.6 Å². The van der Waals surface area contributed by atoms with Gasteiger partial charge in [0.2, 0.25) is 5.91 Å². The molecule has 130 valence electrons. The molecule has 2 aliphatic heterocycles. The van der Waals surface area contributed by atoms with Crippen LogP contribution in [0, 0.1) is 0 Å². The summed E-state index contributed by atoms with van der Waals surface area (Å²) in [5.41, 5.74) is 2.62. The van der Waals surface area contributed by atoms with E-state index in [2.05, 4.69) is 33.8 Å². The Bertz CT molecular complexity index is 598. The third kappa shape index (κ3) is 4.44. The number of thioether (sulfide) groups is 1. The summed E-state index contributed by atoms with van der Waals surface area (Å²) in [7, 11) is 1.75. The van der Waals surface area contributed by atoms with Crippen molar-refractivity contribution in [2.24, 2.45) is 4.99 Å². The number of nitrogens with one attached hydrogen (secondary N) is 2. The molecule has 5 nitrogen and oxygen atoms in total. The fraction of sp³-hybridized carbons (Fsp3) is 0.556. The van der Waals surface area contributed by atoms with Crippen LogP contribution in [0.25, 0.3) is 0 Å². The van der Waals surface area contributed by atoms with Crippen molar-refractivity contribution in [3.05, 3.63) is 35.4 Å². The number of fused-ring (bicyclic) bond motifs is 1. The molecule has 0 bridgehead atoms. The van der Waals surface area contributed by atoms with Crippen molar-refractivity contribution in [1.82, 2.24) is 15.5 Å². The van der Waals surface area contributed by atoms with Gasteiger partial charge in [0.25, 0.3) is 0 Å². The molecule has 6 heteroatoms. The molecule has 1 atom stereocenters. The molecular formula is C18H26N4OS.